The van der Waals surface area contributed by atoms with Gasteiger partial charge in [0.15, 0.2) is 0 Å². The van der Waals surface area contributed by atoms with Gasteiger partial charge in [-0.3, -0.25) is 14.5 Å². The number of likely N-dealkylation sites (tertiary alicyclic amines) is 1. The summed E-state index contributed by atoms with van der Waals surface area (Å²) >= 11 is 1.49. The van der Waals surface area contributed by atoms with Crippen molar-refractivity contribution < 1.29 is 14.3 Å². The maximum Gasteiger partial charge on any atom is 0.251 e. The molecule has 1 atom stereocenters. The van der Waals surface area contributed by atoms with E-state index in [1.807, 2.05) is 24.3 Å². The average Bonchev–Trinajstić information content (AvgIpc) is 2.79. The number of amides is 2. The number of ether oxygens (including phenoxy) is 1. The Morgan fingerprint density at radius 3 is 2.67 bits per heavy atom. The molecular weight excluding hydrogens is 398 g/mol. The van der Waals surface area contributed by atoms with Crippen LogP contribution in [0.4, 0.5) is 5.69 Å². The molecule has 0 spiro atoms. The summed E-state index contributed by atoms with van der Waals surface area (Å²) in [5.41, 5.74) is 2.45. The number of carbonyl (C=O) groups is 2. The fourth-order valence-corrected chi connectivity index (χ4v) is 4.82. The van der Waals surface area contributed by atoms with E-state index in [1.54, 1.807) is 13.2 Å². The van der Waals surface area contributed by atoms with Gasteiger partial charge in [-0.25, -0.2) is 0 Å². The minimum atomic E-state index is -0.127. The first-order valence-corrected chi connectivity index (χ1v) is 11.4. The van der Waals surface area contributed by atoms with Crippen LogP contribution in [-0.2, 0) is 4.79 Å². The van der Waals surface area contributed by atoms with Gasteiger partial charge in [-0.1, -0.05) is 18.6 Å². The van der Waals surface area contributed by atoms with Crippen LogP contribution in [0.15, 0.2) is 47.4 Å². The lowest BCUT2D eigenvalue weighted by Crippen LogP contribution is -2.40. The van der Waals surface area contributed by atoms with Crippen molar-refractivity contribution in [2.45, 2.75) is 30.2 Å². The Balaban J connectivity index is 1.48. The number of fused-ring (bicyclic) bond motifs is 1. The van der Waals surface area contributed by atoms with Crippen molar-refractivity contribution in [3.63, 3.8) is 0 Å². The molecular formula is C23H27N3O3S. The number of piperidine rings is 1. The van der Waals surface area contributed by atoms with Gasteiger partial charge in [0.05, 0.1) is 24.6 Å². The third-order valence-electron chi connectivity index (χ3n) is 5.66. The van der Waals surface area contributed by atoms with Gasteiger partial charge in [0.1, 0.15) is 5.75 Å². The highest BCUT2D eigenvalue weighted by Crippen LogP contribution is 2.32. The van der Waals surface area contributed by atoms with Crippen LogP contribution in [0.3, 0.4) is 0 Å². The van der Waals surface area contributed by atoms with Gasteiger partial charge in [-0.05, 0) is 61.8 Å². The summed E-state index contributed by atoms with van der Waals surface area (Å²) in [6.07, 6.45) is 3.63. The minimum Gasteiger partial charge on any atom is -0.497 e. The normalized spacial score (nSPS) is 17.6. The fraction of sp³-hybridized carbons (Fsp3) is 0.391. The molecule has 1 unspecified atom stereocenters. The average molecular weight is 426 g/mol. The Hall–Kier alpha value is -2.51. The molecule has 2 aliphatic rings. The molecule has 0 saturated carbocycles. The zero-order chi connectivity index (χ0) is 20.9. The third-order valence-corrected chi connectivity index (χ3v) is 6.74. The molecule has 1 fully saturated rings. The van der Waals surface area contributed by atoms with Crippen LogP contribution < -0.4 is 15.4 Å². The SMILES string of the molecule is COc1ccc(C(CNC(=O)c2ccc3c(c2)NC(=O)CS3)N2CCCCC2)cc1. The van der Waals surface area contributed by atoms with E-state index >= 15 is 0 Å². The Morgan fingerprint density at radius 2 is 1.93 bits per heavy atom. The van der Waals surface area contributed by atoms with E-state index < -0.39 is 0 Å². The number of methoxy groups -OCH3 is 1. The second-order valence-electron chi connectivity index (χ2n) is 7.64. The van der Waals surface area contributed by atoms with Crippen LogP contribution in [-0.4, -0.2) is 49.2 Å². The largest absolute Gasteiger partial charge is 0.497 e. The molecule has 30 heavy (non-hydrogen) atoms. The molecule has 2 aromatic rings. The lowest BCUT2D eigenvalue weighted by Gasteiger charge is -2.35. The number of hydrogen-bond acceptors (Lipinski definition) is 5. The van der Waals surface area contributed by atoms with Gasteiger partial charge >= 0.3 is 0 Å². The molecule has 2 heterocycles. The number of nitrogens with one attached hydrogen (secondary N) is 2. The number of thioether (sulfide) groups is 1. The summed E-state index contributed by atoms with van der Waals surface area (Å²) in [5, 5.41) is 5.96. The molecule has 6 nitrogen and oxygen atoms in total. The predicted molar refractivity (Wildman–Crippen MR) is 119 cm³/mol. The van der Waals surface area contributed by atoms with Crippen LogP contribution in [0, 0.1) is 0 Å². The van der Waals surface area contributed by atoms with Crippen molar-refractivity contribution in [2.75, 3.05) is 37.8 Å². The zero-order valence-corrected chi connectivity index (χ0v) is 18.0. The number of rotatable bonds is 6. The van der Waals surface area contributed by atoms with E-state index in [1.165, 1.54) is 36.6 Å². The highest BCUT2D eigenvalue weighted by atomic mass is 32.2. The van der Waals surface area contributed by atoms with Crippen LogP contribution >= 0.6 is 11.8 Å². The van der Waals surface area contributed by atoms with Crippen molar-refractivity contribution in [1.29, 1.82) is 0 Å². The molecule has 0 radical (unpaired) electrons. The standard InChI is InChI=1S/C23H27N3O3S/c1-29-18-8-5-16(6-9-18)20(26-11-3-2-4-12-26)14-24-23(28)17-7-10-21-19(13-17)25-22(27)15-30-21/h5-10,13,20H,2-4,11-12,14-15H2,1H3,(H,24,28)(H,25,27). The summed E-state index contributed by atoms with van der Waals surface area (Å²) in [6.45, 7) is 2.60. The van der Waals surface area contributed by atoms with Crippen molar-refractivity contribution in [3.8, 4) is 5.75 Å². The van der Waals surface area contributed by atoms with Gasteiger partial charge in [-0.15, -0.1) is 11.8 Å². The monoisotopic (exact) mass is 425 g/mol. The van der Waals surface area contributed by atoms with E-state index in [9.17, 15) is 9.59 Å². The Labute approximate surface area is 181 Å². The van der Waals surface area contributed by atoms with E-state index in [-0.39, 0.29) is 17.9 Å². The van der Waals surface area contributed by atoms with E-state index in [4.69, 9.17) is 4.74 Å². The molecule has 2 aromatic carbocycles. The molecule has 1 saturated heterocycles. The number of hydrogen-bond donors (Lipinski definition) is 2. The van der Waals surface area contributed by atoms with Crippen LogP contribution in [0.1, 0.15) is 41.2 Å². The van der Waals surface area contributed by atoms with Gasteiger partial charge in [0.2, 0.25) is 5.91 Å². The lowest BCUT2D eigenvalue weighted by molar-refractivity contribution is -0.113. The first-order valence-electron chi connectivity index (χ1n) is 10.4. The summed E-state index contributed by atoms with van der Waals surface area (Å²) in [6, 6.07) is 13.7. The van der Waals surface area contributed by atoms with Crippen molar-refractivity contribution >= 4 is 29.3 Å². The molecule has 2 aliphatic heterocycles. The number of nitrogens with zero attached hydrogens (tertiary/aromatic N) is 1. The van der Waals surface area contributed by atoms with Gasteiger partial charge in [0.25, 0.3) is 5.91 Å². The van der Waals surface area contributed by atoms with Crippen molar-refractivity contribution in [1.82, 2.24) is 10.2 Å². The molecule has 0 aliphatic carbocycles. The highest BCUT2D eigenvalue weighted by molar-refractivity contribution is 8.00. The second-order valence-corrected chi connectivity index (χ2v) is 8.66. The number of benzene rings is 2. The molecule has 7 heteroatoms. The molecule has 2 amide bonds. The lowest BCUT2D eigenvalue weighted by atomic mass is 10.0. The highest BCUT2D eigenvalue weighted by Gasteiger charge is 2.24. The maximum absolute atomic E-state index is 12.9. The van der Waals surface area contributed by atoms with Crippen LogP contribution in [0.25, 0.3) is 0 Å². The third kappa shape index (κ3) is 4.79. The predicted octanol–water partition coefficient (Wildman–Crippen LogP) is 3.70. The van der Waals surface area contributed by atoms with Crippen LogP contribution in [0.5, 0.6) is 5.75 Å². The number of anilines is 1. The Bertz CT molecular complexity index is 910. The maximum atomic E-state index is 12.9. The quantitative estimate of drug-likeness (QED) is 0.739. The molecule has 4 rings (SSSR count). The van der Waals surface area contributed by atoms with E-state index in [2.05, 4.69) is 27.7 Å². The van der Waals surface area contributed by atoms with Gasteiger partial charge in [0, 0.05) is 17.0 Å². The van der Waals surface area contributed by atoms with Crippen molar-refractivity contribution in [3.05, 3.63) is 53.6 Å². The second kappa shape index (κ2) is 9.53. The fourth-order valence-electron chi connectivity index (χ4n) is 4.03. The zero-order valence-electron chi connectivity index (χ0n) is 17.1. The topological polar surface area (TPSA) is 70.7 Å². The summed E-state index contributed by atoms with van der Waals surface area (Å²) in [7, 11) is 1.66. The molecule has 2 N–H and O–H groups in total. The van der Waals surface area contributed by atoms with E-state index in [0.717, 1.165) is 23.7 Å². The van der Waals surface area contributed by atoms with Crippen molar-refractivity contribution in [2.24, 2.45) is 0 Å². The minimum absolute atomic E-state index is 0.0327. The first kappa shape index (κ1) is 20.8. The van der Waals surface area contributed by atoms with Gasteiger partial charge in [-0.2, -0.15) is 0 Å². The first-order chi connectivity index (χ1) is 14.6. The van der Waals surface area contributed by atoms with Crippen LogP contribution in [0.2, 0.25) is 0 Å². The smallest absolute Gasteiger partial charge is 0.251 e. The molecule has 0 aromatic heterocycles. The molecule has 0 bridgehead atoms. The Morgan fingerprint density at radius 1 is 1.17 bits per heavy atom. The van der Waals surface area contributed by atoms with E-state index in [0.29, 0.717) is 23.5 Å². The number of carbonyl (C=O) groups excluding carboxylic acids is 2. The summed E-state index contributed by atoms with van der Waals surface area (Å²) in [4.78, 5) is 28.0. The Kier molecular flexibility index (Phi) is 6.59. The summed E-state index contributed by atoms with van der Waals surface area (Å²) in [5.74, 6) is 1.08. The molecule has 158 valence electrons. The van der Waals surface area contributed by atoms with Gasteiger partial charge < -0.3 is 15.4 Å². The summed E-state index contributed by atoms with van der Waals surface area (Å²) < 4.78 is 5.29.